The third-order valence-electron chi connectivity index (χ3n) is 0. The predicted molar refractivity (Wildman–Crippen MR) is 0 cm³/mol. The van der Waals surface area contributed by atoms with Crippen molar-refractivity contribution in [2.24, 2.45) is 0 Å². The molecule has 0 radical (unpaired) electrons. The number of hydrogen-bond donors (Lipinski definition) is 0. The fraction of sp³-hybridized carbons (Fsp3) is 0. The molecule has 12 heteroatoms. The summed E-state index contributed by atoms with van der Waals surface area (Å²) in [4.78, 5) is 0. The molecule has 0 aliphatic heterocycles. The first-order valence-corrected chi connectivity index (χ1v) is 0. The number of rotatable bonds is 0. The Morgan fingerprint density at radius 2 is 0.333 bits per heavy atom. The van der Waals surface area contributed by atoms with Gasteiger partial charge in [0.25, 0.3) is 0 Å². The van der Waals surface area contributed by atoms with Crippen LogP contribution >= 0.6 is 0 Å². The van der Waals surface area contributed by atoms with Gasteiger partial charge in [-0.25, -0.2) is 0 Å². The summed E-state index contributed by atoms with van der Waals surface area (Å²) in [6, 6.07) is 0. The van der Waals surface area contributed by atoms with E-state index >= 15 is 0 Å². The average Bonchev–Trinajstić information content (AvgIpc) is 0. The Labute approximate surface area is 120 Å². The molecule has 0 saturated carbocycles. The maximum absolute atomic E-state index is 0. The van der Waals surface area contributed by atoms with Gasteiger partial charge in [0.05, 0.1) is 0 Å². The molecule has 0 aliphatic carbocycles. The molecule has 0 nitrogen and oxygen atoms in total. The van der Waals surface area contributed by atoms with Crippen molar-refractivity contribution in [2.45, 2.75) is 0 Å². The maximum atomic E-state index is 0. The van der Waals surface area contributed by atoms with Crippen LogP contribution in [0.25, 0.3) is 0 Å². The summed E-state index contributed by atoms with van der Waals surface area (Å²) in [5, 5.41) is 0. The Hall–Kier alpha value is 2.14. The van der Waals surface area contributed by atoms with E-state index in [2.05, 4.69) is 0 Å². The van der Waals surface area contributed by atoms with E-state index < -0.39 is 0 Å². The van der Waals surface area contributed by atoms with Gasteiger partial charge in [-0.1, -0.05) is 0 Å². The molecule has 0 unspecified atom stereocenters. The van der Waals surface area contributed by atoms with Crippen LogP contribution in [0.5, 0.6) is 0 Å². The zero-order valence-electron chi connectivity index (χ0n) is 4.69. The van der Waals surface area contributed by atoms with E-state index in [0.29, 0.717) is 0 Å². The van der Waals surface area contributed by atoms with Gasteiger partial charge in [-0.3, -0.25) is 0 Å². The molecule has 12 heavy (non-hydrogen) atoms. The molecule has 0 aromatic heterocycles. The molecule has 0 fully saturated rings. The van der Waals surface area contributed by atoms with E-state index in [0.717, 1.165) is 0 Å². The van der Waals surface area contributed by atoms with Gasteiger partial charge in [0.2, 0.25) is 0 Å². The molecule has 86 valence electrons. The van der Waals surface area contributed by atoms with Gasteiger partial charge in [-0.15, -0.1) is 0 Å². The Morgan fingerprint density at radius 1 is 0.333 bits per heavy atom. The maximum Gasteiger partial charge on any atom is 2.00 e. The quantitative estimate of drug-likeness (QED) is 0.235. The molecule has 0 aliphatic rings. The van der Waals surface area contributed by atoms with Crippen LogP contribution in [0.1, 0.15) is 0 Å². The standard InChI is InChI=1S/4ClH.6FH.Ti.W/h10*1H;;/q;;;;;;;;;;2*+2/p-10. The van der Waals surface area contributed by atoms with Crippen molar-refractivity contribution in [3.63, 3.8) is 0 Å². The summed E-state index contributed by atoms with van der Waals surface area (Å²) in [6.45, 7) is 0. The van der Waals surface area contributed by atoms with Crippen LogP contribution in [-0.2, 0) is 42.8 Å². The fourth-order valence-corrected chi connectivity index (χ4v) is 0. The minimum absolute atomic E-state index is 0. The molecule has 0 heterocycles. The van der Waals surface area contributed by atoms with E-state index in [4.69, 9.17) is 0 Å². The first-order chi connectivity index (χ1) is 0. The molecule has 0 bridgehead atoms. The van der Waals surface area contributed by atoms with E-state index in [1.807, 2.05) is 0 Å². The first-order valence-electron chi connectivity index (χ1n) is 0. The molecule has 0 aromatic rings. The van der Waals surface area contributed by atoms with Crippen molar-refractivity contribution in [2.75, 3.05) is 0 Å². The SMILES string of the molecule is [Cl-].[Cl-].[Cl-].[Cl-].[F-].[F-].[F-].[F-].[F-].[F-].[Ti+2].[W+2]. The second-order valence-electron chi connectivity index (χ2n) is 0. The van der Waals surface area contributed by atoms with E-state index in [-0.39, 0.29) is 121 Å². The zero-order valence-corrected chi connectivity index (χ0v) is 12.2. The topological polar surface area (TPSA) is 0 Å². The van der Waals surface area contributed by atoms with Crippen LogP contribution in [0.4, 0.5) is 0 Å². The summed E-state index contributed by atoms with van der Waals surface area (Å²) in [5.41, 5.74) is 0. The Kier molecular flexibility index (Phi) is 18700. The largest absolute Gasteiger partial charge is 2.00 e. The van der Waals surface area contributed by atoms with Gasteiger partial charge in [0.1, 0.15) is 0 Å². The second-order valence-corrected chi connectivity index (χ2v) is 0. The minimum atomic E-state index is 0. The molecular formula is Cl4F6TiW-6. The summed E-state index contributed by atoms with van der Waals surface area (Å²) in [7, 11) is 0. The first kappa shape index (κ1) is 532. The van der Waals surface area contributed by atoms with Crippen LogP contribution < -0.4 is 77.9 Å². The van der Waals surface area contributed by atoms with Crippen LogP contribution in [0.2, 0.25) is 0 Å². The van der Waals surface area contributed by atoms with Crippen molar-refractivity contribution in [3.8, 4) is 0 Å². The molecule has 0 aromatic carbocycles. The average molecular weight is 488 g/mol. The van der Waals surface area contributed by atoms with Gasteiger partial charge >= 0.3 is 42.8 Å². The van der Waals surface area contributed by atoms with E-state index in [1.54, 1.807) is 0 Å². The summed E-state index contributed by atoms with van der Waals surface area (Å²) in [5.74, 6) is 0. The molecule has 0 spiro atoms. The Bertz CT molecular complexity index is 19.5. The molecular weight excluding hydrogens is 488 g/mol. The normalized spacial score (nSPS) is 0. The third kappa shape index (κ3) is 328. The van der Waals surface area contributed by atoms with Crippen LogP contribution in [0.15, 0.2) is 0 Å². The monoisotopic (exact) mass is 486 g/mol. The Morgan fingerprint density at radius 3 is 0.333 bits per heavy atom. The van der Waals surface area contributed by atoms with Gasteiger partial charge < -0.3 is 77.9 Å². The minimum Gasteiger partial charge on any atom is -1.00 e. The van der Waals surface area contributed by atoms with Gasteiger partial charge in [0.15, 0.2) is 0 Å². The molecule has 0 saturated heterocycles. The molecule has 0 rings (SSSR count). The molecule has 0 N–H and O–H groups in total. The van der Waals surface area contributed by atoms with Crippen LogP contribution in [0, 0.1) is 0 Å². The molecule has 0 atom stereocenters. The van der Waals surface area contributed by atoms with E-state index in [9.17, 15) is 0 Å². The second kappa shape index (κ2) is 422. The van der Waals surface area contributed by atoms with Gasteiger partial charge in [0, 0.05) is 0 Å². The Balaban J connectivity index is 0. The van der Waals surface area contributed by atoms with Crippen molar-refractivity contribution >= 4 is 0 Å². The van der Waals surface area contributed by atoms with Gasteiger partial charge in [-0.2, -0.15) is 0 Å². The summed E-state index contributed by atoms with van der Waals surface area (Å²) < 4.78 is 0. The predicted octanol–water partition coefficient (Wildman–Crippen LogP) is -30.0. The van der Waals surface area contributed by atoms with Crippen LogP contribution in [-0.4, -0.2) is 0 Å². The fourth-order valence-electron chi connectivity index (χ4n) is 0. The van der Waals surface area contributed by atoms with Crippen LogP contribution in [0.3, 0.4) is 0 Å². The number of hydrogen-bond acceptors (Lipinski definition) is 0. The van der Waals surface area contributed by atoms with Crippen molar-refractivity contribution in [3.05, 3.63) is 0 Å². The number of halogens is 10. The third-order valence-corrected chi connectivity index (χ3v) is 0. The molecule has 0 amide bonds. The van der Waals surface area contributed by atoms with Crippen molar-refractivity contribution in [1.82, 2.24) is 0 Å². The van der Waals surface area contributed by atoms with E-state index in [1.165, 1.54) is 0 Å². The van der Waals surface area contributed by atoms with Gasteiger partial charge in [-0.05, 0) is 0 Å². The summed E-state index contributed by atoms with van der Waals surface area (Å²) in [6.07, 6.45) is 0. The zero-order chi connectivity index (χ0) is 0. The van der Waals surface area contributed by atoms with Crippen molar-refractivity contribution < 1.29 is 121 Å². The van der Waals surface area contributed by atoms with Crippen molar-refractivity contribution in [1.29, 1.82) is 0 Å². The smallest absolute Gasteiger partial charge is 1.00 e. The summed E-state index contributed by atoms with van der Waals surface area (Å²) >= 11 is 0.